The molecule has 0 heterocycles. The van der Waals surface area contributed by atoms with Gasteiger partial charge in [0.05, 0.1) is 7.11 Å². The molecule has 19 heavy (non-hydrogen) atoms. The van der Waals surface area contributed by atoms with Crippen LogP contribution in [0.25, 0.3) is 0 Å². The van der Waals surface area contributed by atoms with E-state index in [1.165, 1.54) is 18.4 Å². The molecule has 0 saturated heterocycles. The van der Waals surface area contributed by atoms with E-state index in [9.17, 15) is 0 Å². The average Bonchev–Trinajstić information content (AvgIpc) is 2.38. The van der Waals surface area contributed by atoms with Crippen LogP contribution in [0.15, 0.2) is 24.3 Å². The molecule has 0 bridgehead atoms. The van der Waals surface area contributed by atoms with E-state index in [4.69, 9.17) is 4.74 Å². The first-order valence-electron chi connectivity index (χ1n) is 7.46. The van der Waals surface area contributed by atoms with Gasteiger partial charge in [-0.25, -0.2) is 0 Å². The van der Waals surface area contributed by atoms with Gasteiger partial charge in [0, 0.05) is 12.0 Å². The average molecular weight is 261 g/mol. The van der Waals surface area contributed by atoms with Crippen LogP contribution in [-0.2, 0) is 5.41 Å². The molecule has 0 aromatic heterocycles. The molecule has 106 valence electrons. The van der Waals surface area contributed by atoms with Crippen LogP contribution in [0.2, 0.25) is 0 Å². The molecule has 0 aliphatic heterocycles. The fourth-order valence-electron chi connectivity index (χ4n) is 3.21. The van der Waals surface area contributed by atoms with E-state index < -0.39 is 0 Å². The quantitative estimate of drug-likeness (QED) is 0.844. The Kier molecular flexibility index (Phi) is 4.51. The number of methoxy groups -OCH3 is 1. The lowest BCUT2D eigenvalue weighted by Crippen LogP contribution is -2.50. The second kappa shape index (κ2) is 5.96. The molecular formula is C17H27NO. The van der Waals surface area contributed by atoms with Gasteiger partial charge in [0.1, 0.15) is 5.75 Å². The van der Waals surface area contributed by atoms with E-state index in [0.29, 0.717) is 5.41 Å². The van der Waals surface area contributed by atoms with Gasteiger partial charge in [-0.3, -0.25) is 0 Å². The van der Waals surface area contributed by atoms with Crippen molar-refractivity contribution in [3.63, 3.8) is 0 Å². The molecule has 0 radical (unpaired) electrons. The van der Waals surface area contributed by atoms with Crippen LogP contribution in [-0.4, -0.2) is 20.2 Å². The highest BCUT2D eigenvalue weighted by Gasteiger charge is 2.45. The van der Waals surface area contributed by atoms with Crippen molar-refractivity contribution in [3.8, 4) is 5.75 Å². The summed E-state index contributed by atoms with van der Waals surface area (Å²) in [5, 5.41) is 3.55. The minimum Gasteiger partial charge on any atom is -0.497 e. The van der Waals surface area contributed by atoms with Gasteiger partial charge in [-0.05, 0) is 48.9 Å². The summed E-state index contributed by atoms with van der Waals surface area (Å²) < 4.78 is 5.26. The minimum absolute atomic E-state index is 0.344. The highest BCUT2D eigenvalue weighted by atomic mass is 16.5. The topological polar surface area (TPSA) is 21.3 Å². The zero-order chi connectivity index (χ0) is 13.9. The lowest BCUT2D eigenvalue weighted by Gasteiger charge is -2.50. The van der Waals surface area contributed by atoms with Crippen LogP contribution in [0.1, 0.15) is 39.2 Å². The third-order valence-electron chi connectivity index (χ3n) is 4.66. The fraction of sp³-hybridized carbons (Fsp3) is 0.647. The molecule has 2 rings (SSSR count). The molecule has 0 amide bonds. The summed E-state index contributed by atoms with van der Waals surface area (Å²) in [6.07, 6.45) is 2.62. The molecule has 1 saturated carbocycles. The minimum atomic E-state index is 0.344. The Morgan fingerprint density at radius 1 is 1.26 bits per heavy atom. The highest BCUT2D eigenvalue weighted by molar-refractivity contribution is 5.35. The van der Waals surface area contributed by atoms with Crippen LogP contribution in [0, 0.1) is 11.8 Å². The summed E-state index contributed by atoms with van der Waals surface area (Å²) in [5.74, 6) is 2.62. The van der Waals surface area contributed by atoms with Crippen LogP contribution >= 0.6 is 0 Å². The molecule has 1 aromatic carbocycles. The number of benzene rings is 1. The van der Waals surface area contributed by atoms with Gasteiger partial charge in [0.15, 0.2) is 0 Å². The second-order valence-electron chi connectivity index (χ2n) is 6.20. The monoisotopic (exact) mass is 261 g/mol. The van der Waals surface area contributed by atoms with Gasteiger partial charge >= 0.3 is 0 Å². The van der Waals surface area contributed by atoms with Crippen molar-refractivity contribution in [2.24, 2.45) is 11.8 Å². The van der Waals surface area contributed by atoms with Gasteiger partial charge in [0.25, 0.3) is 0 Å². The van der Waals surface area contributed by atoms with Crippen LogP contribution in [0.4, 0.5) is 0 Å². The molecule has 1 fully saturated rings. The summed E-state index contributed by atoms with van der Waals surface area (Å²) in [6.45, 7) is 9.01. The Labute approximate surface area is 117 Å². The predicted molar refractivity (Wildman–Crippen MR) is 80.8 cm³/mol. The maximum atomic E-state index is 5.26. The van der Waals surface area contributed by atoms with Crippen molar-refractivity contribution in [1.82, 2.24) is 5.32 Å². The molecule has 2 heteroatoms. The number of likely N-dealkylation sites (N-methyl/N-ethyl adjacent to an activating group) is 1. The van der Waals surface area contributed by atoms with Crippen molar-refractivity contribution in [2.75, 3.05) is 20.2 Å². The van der Waals surface area contributed by atoms with Gasteiger partial charge < -0.3 is 10.1 Å². The third-order valence-corrected chi connectivity index (χ3v) is 4.66. The second-order valence-corrected chi connectivity index (χ2v) is 6.20. The molecular weight excluding hydrogens is 234 g/mol. The number of ether oxygens (including phenoxy) is 1. The molecule has 1 aliphatic rings. The molecule has 0 unspecified atom stereocenters. The van der Waals surface area contributed by atoms with E-state index in [-0.39, 0.29) is 0 Å². The fourth-order valence-corrected chi connectivity index (χ4v) is 3.21. The Morgan fingerprint density at radius 3 is 2.37 bits per heavy atom. The van der Waals surface area contributed by atoms with E-state index in [0.717, 1.165) is 30.7 Å². The summed E-state index contributed by atoms with van der Waals surface area (Å²) in [4.78, 5) is 0. The van der Waals surface area contributed by atoms with Gasteiger partial charge in [-0.15, -0.1) is 0 Å². The van der Waals surface area contributed by atoms with Crippen molar-refractivity contribution < 1.29 is 4.74 Å². The molecule has 1 aliphatic carbocycles. The number of nitrogens with one attached hydrogen (secondary N) is 1. The van der Waals surface area contributed by atoms with Gasteiger partial charge in [0.2, 0.25) is 0 Å². The summed E-state index contributed by atoms with van der Waals surface area (Å²) in [7, 11) is 1.72. The zero-order valence-electron chi connectivity index (χ0n) is 12.7. The highest BCUT2D eigenvalue weighted by Crippen LogP contribution is 2.50. The number of hydrogen-bond donors (Lipinski definition) is 1. The summed E-state index contributed by atoms with van der Waals surface area (Å²) in [5.41, 5.74) is 1.81. The van der Waals surface area contributed by atoms with Crippen LogP contribution < -0.4 is 10.1 Å². The van der Waals surface area contributed by atoms with Crippen molar-refractivity contribution in [3.05, 3.63) is 29.8 Å². The summed E-state index contributed by atoms with van der Waals surface area (Å²) in [6, 6.07) is 8.66. The van der Waals surface area contributed by atoms with Crippen molar-refractivity contribution in [1.29, 1.82) is 0 Å². The van der Waals surface area contributed by atoms with Gasteiger partial charge in [-0.2, -0.15) is 0 Å². The van der Waals surface area contributed by atoms with Crippen LogP contribution in [0.3, 0.4) is 0 Å². The van der Waals surface area contributed by atoms with Crippen LogP contribution in [0.5, 0.6) is 5.75 Å². The first-order chi connectivity index (χ1) is 9.11. The lowest BCUT2D eigenvalue weighted by atomic mass is 9.56. The SMILES string of the molecule is CCNCC1(c2ccc(OC)cc2)CC(C(C)C)C1. The Bertz CT molecular complexity index is 390. The van der Waals surface area contributed by atoms with Gasteiger partial charge in [-0.1, -0.05) is 32.9 Å². The normalized spacial score (nSPS) is 26.3. The van der Waals surface area contributed by atoms with Crippen molar-refractivity contribution >= 4 is 0 Å². The van der Waals surface area contributed by atoms with E-state index in [1.807, 2.05) is 0 Å². The lowest BCUT2D eigenvalue weighted by molar-refractivity contribution is 0.0982. The smallest absolute Gasteiger partial charge is 0.118 e. The maximum absolute atomic E-state index is 5.26. The third kappa shape index (κ3) is 2.94. The molecule has 0 spiro atoms. The molecule has 0 atom stereocenters. The molecule has 1 aromatic rings. The Hall–Kier alpha value is -1.02. The first-order valence-corrected chi connectivity index (χ1v) is 7.46. The van der Waals surface area contributed by atoms with Crippen molar-refractivity contribution in [2.45, 2.75) is 39.0 Å². The number of hydrogen-bond acceptors (Lipinski definition) is 2. The Balaban J connectivity index is 2.14. The van der Waals surface area contributed by atoms with E-state index in [2.05, 4.69) is 50.4 Å². The predicted octanol–water partition coefficient (Wildman–Crippen LogP) is 3.61. The number of rotatable bonds is 6. The maximum Gasteiger partial charge on any atom is 0.118 e. The molecule has 2 nitrogen and oxygen atoms in total. The largest absolute Gasteiger partial charge is 0.497 e. The standard InChI is InChI=1S/C17H27NO/c1-5-18-12-17(10-14(11-17)13(2)3)15-6-8-16(19-4)9-7-15/h6-9,13-14,18H,5,10-12H2,1-4H3. The van der Waals surface area contributed by atoms with E-state index in [1.54, 1.807) is 7.11 Å². The van der Waals surface area contributed by atoms with E-state index >= 15 is 0 Å². The molecule has 1 N–H and O–H groups in total. The Morgan fingerprint density at radius 2 is 1.89 bits per heavy atom. The first kappa shape index (κ1) is 14.4. The zero-order valence-corrected chi connectivity index (χ0v) is 12.7. The summed E-state index contributed by atoms with van der Waals surface area (Å²) >= 11 is 0.